The second-order valence-corrected chi connectivity index (χ2v) is 5.68. The average molecular weight is 215 g/mol. The molecule has 0 aromatic heterocycles. The molecule has 82 valence electrons. The van der Waals surface area contributed by atoms with Crippen LogP contribution in [0, 0.1) is 5.92 Å². The first kappa shape index (κ1) is 10.8. The molecule has 2 aliphatic rings. The van der Waals surface area contributed by atoms with Crippen molar-refractivity contribution in [2.75, 3.05) is 18.1 Å². The second-order valence-electron chi connectivity index (χ2n) is 4.53. The summed E-state index contributed by atoms with van der Waals surface area (Å²) in [6, 6.07) is 0.283. The van der Waals surface area contributed by atoms with E-state index in [1.807, 2.05) is 11.8 Å². The lowest BCUT2D eigenvalue weighted by atomic mass is 9.96. The maximum absolute atomic E-state index is 6.19. The maximum atomic E-state index is 6.19. The molecule has 0 aromatic rings. The van der Waals surface area contributed by atoms with Crippen LogP contribution in [-0.4, -0.2) is 30.3 Å². The highest BCUT2D eigenvalue weighted by Crippen LogP contribution is 2.29. The molecule has 2 rings (SSSR count). The van der Waals surface area contributed by atoms with Crippen LogP contribution in [0.5, 0.6) is 0 Å². The largest absolute Gasteiger partial charge is 0.375 e. The van der Waals surface area contributed by atoms with E-state index in [1.54, 1.807) is 0 Å². The first-order valence-electron chi connectivity index (χ1n) is 5.81. The van der Waals surface area contributed by atoms with E-state index in [2.05, 4.69) is 0 Å². The van der Waals surface area contributed by atoms with E-state index >= 15 is 0 Å². The fourth-order valence-electron chi connectivity index (χ4n) is 2.54. The Hall–Kier alpha value is 0.270. The van der Waals surface area contributed by atoms with E-state index in [0.717, 1.165) is 24.0 Å². The Balaban J connectivity index is 1.72. The molecule has 2 atom stereocenters. The molecule has 0 aromatic carbocycles. The minimum absolute atomic E-state index is 0.283. The van der Waals surface area contributed by atoms with Crippen LogP contribution in [0.3, 0.4) is 0 Å². The third-order valence-corrected chi connectivity index (χ3v) is 4.42. The molecule has 0 radical (unpaired) electrons. The van der Waals surface area contributed by atoms with Crippen LogP contribution in [0.4, 0.5) is 0 Å². The molecular weight excluding hydrogens is 194 g/mol. The van der Waals surface area contributed by atoms with Crippen molar-refractivity contribution in [3.05, 3.63) is 0 Å². The molecule has 2 N–H and O–H groups in total. The first-order chi connectivity index (χ1) is 6.86. The summed E-state index contributed by atoms with van der Waals surface area (Å²) in [5, 5.41) is 0. The second kappa shape index (κ2) is 5.38. The highest BCUT2D eigenvalue weighted by molar-refractivity contribution is 7.99. The van der Waals surface area contributed by atoms with Crippen LogP contribution >= 0.6 is 11.8 Å². The number of hydrogen-bond donors (Lipinski definition) is 1. The first-order valence-corrected chi connectivity index (χ1v) is 6.96. The van der Waals surface area contributed by atoms with E-state index in [1.165, 1.54) is 32.1 Å². The number of thioether (sulfide) groups is 1. The van der Waals surface area contributed by atoms with Crippen LogP contribution in [-0.2, 0) is 4.74 Å². The van der Waals surface area contributed by atoms with Crippen molar-refractivity contribution < 1.29 is 4.74 Å². The molecule has 14 heavy (non-hydrogen) atoms. The summed E-state index contributed by atoms with van der Waals surface area (Å²) in [6.45, 7) is 0.897. The van der Waals surface area contributed by atoms with Gasteiger partial charge in [0.05, 0.1) is 12.7 Å². The van der Waals surface area contributed by atoms with Gasteiger partial charge < -0.3 is 10.5 Å². The Labute approximate surface area is 91.0 Å². The molecule has 2 nitrogen and oxygen atoms in total. The summed E-state index contributed by atoms with van der Waals surface area (Å²) in [5.74, 6) is 3.14. The molecule has 3 heteroatoms. The van der Waals surface area contributed by atoms with Crippen molar-refractivity contribution in [2.24, 2.45) is 11.7 Å². The highest BCUT2D eigenvalue weighted by Gasteiger charge is 2.25. The van der Waals surface area contributed by atoms with Crippen LogP contribution in [0.2, 0.25) is 0 Å². The lowest BCUT2D eigenvalue weighted by Gasteiger charge is -2.29. The van der Waals surface area contributed by atoms with Crippen molar-refractivity contribution in [2.45, 2.75) is 44.2 Å². The summed E-state index contributed by atoms with van der Waals surface area (Å²) >= 11 is 1.98. The van der Waals surface area contributed by atoms with E-state index in [9.17, 15) is 0 Å². The number of hydrogen-bond acceptors (Lipinski definition) is 3. The van der Waals surface area contributed by atoms with Crippen LogP contribution in [0.25, 0.3) is 0 Å². The maximum Gasteiger partial charge on any atom is 0.0816 e. The molecular formula is C11H21NOS. The summed E-state index contributed by atoms with van der Waals surface area (Å²) in [6.07, 6.45) is 7.14. The van der Waals surface area contributed by atoms with Gasteiger partial charge in [-0.1, -0.05) is 25.7 Å². The van der Waals surface area contributed by atoms with Crippen molar-refractivity contribution in [3.63, 3.8) is 0 Å². The third-order valence-electron chi connectivity index (χ3n) is 3.40. The summed E-state index contributed by atoms with van der Waals surface area (Å²) in [4.78, 5) is 0. The summed E-state index contributed by atoms with van der Waals surface area (Å²) in [5.41, 5.74) is 6.19. The van der Waals surface area contributed by atoms with E-state index in [0.29, 0.717) is 6.10 Å². The Bertz CT molecular complexity index is 165. The van der Waals surface area contributed by atoms with Crippen LogP contribution in [0.15, 0.2) is 0 Å². The summed E-state index contributed by atoms with van der Waals surface area (Å²) in [7, 11) is 0. The van der Waals surface area contributed by atoms with E-state index < -0.39 is 0 Å². The molecule has 1 saturated heterocycles. The van der Waals surface area contributed by atoms with Gasteiger partial charge in [-0.3, -0.25) is 0 Å². The van der Waals surface area contributed by atoms with Crippen molar-refractivity contribution in [1.82, 2.24) is 0 Å². The minimum Gasteiger partial charge on any atom is -0.375 e. The van der Waals surface area contributed by atoms with Gasteiger partial charge >= 0.3 is 0 Å². The standard InChI is InChI=1S/C11H21NOS/c12-10(7-9-3-1-2-4-9)11-8-14-6-5-13-11/h9-11H,1-8,12H2. The van der Waals surface area contributed by atoms with Crippen LogP contribution in [0.1, 0.15) is 32.1 Å². The zero-order valence-corrected chi connectivity index (χ0v) is 9.60. The molecule has 1 aliphatic heterocycles. The smallest absolute Gasteiger partial charge is 0.0816 e. The molecule has 1 heterocycles. The number of rotatable bonds is 3. The Kier molecular flexibility index (Phi) is 4.14. The van der Waals surface area contributed by atoms with E-state index in [4.69, 9.17) is 10.5 Å². The zero-order valence-electron chi connectivity index (χ0n) is 8.78. The molecule has 1 aliphatic carbocycles. The van der Waals surface area contributed by atoms with Gasteiger partial charge in [-0.2, -0.15) is 11.8 Å². The molecule has 0 spiro atoms. The lowest BCUT2D eigenvalue weighted by Crippen LogP contribution is -2.42. The minimum atomic E-state index is 0.283. The monoisotopic (exact) mass is 215 g/mol. The molecule has 2 fully saturated rings. The fourth-order valence-corrected chi connectivity index (χ4v) is 3.49. The van der Waals surface area contributed by atoms with Gasteiger partial charge in [0.1, 0.15) is 0 Å². The van der Waals surface area contributed by atoms with Crippen molar-refractivity contribution in [1.29, 1.82) is 0 Å². The topological polar surface area (TPSA) is 35.2 Å². The quantitative estimate of drug-likeness (QED) is 0.782. The van der Waals surface area contributed by atoms with Gasteiger partial charge in [-0.05, 0) is 12.3 Å². The van der Waals surface area contributed by atoms with Gasteiger partial charge in [0.2, 0.25) is 0 Å². The fraction of sp³-hybridized carbons (Fsp3) is 1.00. The predicted molar refractivity (Wildman–Crippen MR) is 61.6 cm³/mol. The van der Waals surface area contributed by atoms with Gasteiger partial charge in [0, 0.05) is 17.5 Å². The van der Waals surface area contributed by atoms with Crippen LogP contribution < -0.4 is 5.73 Å². The van der Waals surface area contributed by atoms with Gasteiger partial charge in [-0.15, -0.1) is 0 Å². The summed E-state index contributed by atoms with van der Waals surface area (Å²) < 4.78 is 5.70. The van der Waals surface area contributed by atoms with Gasteiger partial charge in [0.15, 0.2) is 0 Å². The van der Waals surface area contributed by atoms with Crippen molar-refractivity contribution in [3.8, 4) is 0 Å². The van der Waals surface area contributed by atoms with Crippen molar-refractivity contribution >= 4 is 11.8 Å². The Morgan fingerprint density at radius 2 is 2.14 bits per heavy atom. The lowest BCUT2D eigenvalue weighted by molar-refractivity contribution is 0.0511. The predicted octanol–water partition coefficient (Wildman–Crippen LogP) is 2.03. The van der Waals surface area contributed by atoms with Gasteiger partial charge in [-0.25, -0.2) is 0 Å². The normalized spacial score (nSPS) is 31.9. The average Bonchev–Trinajstić information content (AvgIpc) is 2.72. The van der Waals surface area contributed by atoms with Gasteiger partial charge in [0.25, 0.3) is 0 Å². The molecule has 0 amide bonds. The number of nitrogens with two attached hydrogens (primary N) is 1. The third kappa shape index (κ3) is 2.88. The highest BCUT2D eigenvalue weighted by atomic mass is 32.2. The molecule has 1 saturated carbocycles. The molecule has 2 unspecified atom stereocenters. The Morgan fingerprint density at radius 3 is 2.79 bits per heavy atom. The molecule has 0 bridgehead atoms. The van der Waals surface area contributed by atoms with E-state index in [-0.39, 0.29) is 6.04 Å². The Morgan fingerprint density at radius 1 is 1.36 bits per heavy atom. The SMILES string of the molecule is NC(CC1CCCC1)C1CSCCO1. The number of ether oxygens (including phenoxy) is 1. The zero-order chi connectivity index (χ0) is 9.80.